The van der Waals surface area contributed by atoms with Crippen molar-refractivity contribution in [2.75, 3.05) is 26.0 Å². The van der Waals surface area contributed by atoms with E-state index < -0.39 is 10.0 Å². The van der Waals surface area contributed by atoms with Gasteiger partial charge in [0.15, 0.2) is 0 Å². The van der Waals surface area contributed by atoms with Gasteiger partial charge in [-0.3, -0.25) is 9.59 Å². The normalized spacial score (nSPS) is 11.1. The van der Waals surface area contributed by atoms with E-state index in [2.05, 4.69) is 10.6 Å². The molecule has 0 radical (unpaired) electrons. The molecule has 9 heteroatoms. The van der Waals surface area contributed by atoms with E-state index in [1.165, 1.54) is 42.7 Å². The Morgan fingerprint density at radius 3 is 2.32 bits per heavy atom. The number of sulfonamides is 1. The van der Waals surface area contributed by atoms with Crippen LogP contribution in [0, 0.1) is 0 Å². The number of methoxy groups -OCH3 is 1. The third-order valence-corrected chi connectivity index (χ3v) is 6.88. The second-order valence-electron chi connectivity index (χ2n) is 7.56. The first-order chi connectivity index (χ1) is 16.3. The molecule has 0 saturated carbocycles. The first-order valence-corrected chi connectivity index (χ1v) is 12.1. The van der Waals surface area contributed by atoms with Gasteiger partial charge in [-0.2, -0.15) is 4.31 Å². The molecule has 0 aliphatic rings. The molecule has 3 aromatic carbocycles. The fourth-order valence-electron chi connectivity index (χ4n) is 3.20. The predicted molar refractivity (Wildman–Crippen MR) is 130 cm³/mol. The molecule has 178 valence electrons. The molecular weight excluding hydrogens is 454 g/mol. The van der Waals surface area contributed by atoms with Gasteiger partial charge in [-0.25, -0.2) is 8.42 Å². The minimum Gasteiger partial charge on any atom is -0.497 e. The summed E-state index contributed by atoms with van der Waals surface area (Å²) >= 11 is 0. The fraction of sp³-hybridized carbons (Fsp3) is 0.200. The van der Waals surface area contributed by atoms with E-state index in [-0.39, 0.29) is 36.2 Å². The zero-order valence-electron chi connectivity index (χ0n) is 19.0. The first kappa shape index (κ1) is 24.9. The van der Waals surface area contributed by atoms with Gasteiger partial charge in [-0.05, 0) is 48.0 Å². The van der Waals surface area contributed by atoms with Crippen LogP contribution in [0.2, 0.25) is 0 Å². The van der Waals surface area contributed by atoms with Crippen LogP contribution in [0.4, 0.5) is 5.69 Å². The van der Waals surface area contributed by atoms with Crippen LogP contribution in [-0.2, 0) is 21.4 Å². The van der Waals surface area contributed by atoms with E-state index in [1.807, 2.05) is 30.3 Å². The fourth-order valence-corrected chi connectivity index (χ4v) is 4.35. The molecule has 34 heavy (non-hydrogen) atoms. The van der Waals surface area contributed by atoms with Gasteiger partial charge in [0, 0.05) is 37.8 Å². The summed E-state index contributed by atoms with van der Waals surface area (Å²) in [5.74, 6) is -0.0364. The lowest BCUT2D eigenvalue weighted by Crippen LogP contribution is -2.27. The Bertz CT molecular complexity index is 1230. The average Bonchev–Trinajstić information content (AvgIpc) is 2.85. The van der Waals surface area contributed by atoms with Gasteiger partial charge in [-0.15, -0.1) is 0 Å². The van der Waals surface area contributed by atoms with Gasteiger partial charge in [-0.1, -0.05) is 36.4 Å². The maximum absolute atomic E-state index is 12.8. The quantitative estimate of drug-likeness (QED) is 0.462. The molecule has 0 spiro atoms. The van der Waals surface area contributed by atoms with Gasteiger partial charge in [0.05, 0.1) is 12.0 Å². The number of carbonyl (C=O) groups excluding carboxylic acids is 2. The van der Waals surface area contributed by atoms with Crippen LogP contribution in [0.15, 0.2) is 83.8 Å². The molecule has 3 rings (SSSR count). The van der Waals surface area contributed by atoms with Crippen molar-refractivity contribution in [3.63, 3.8) is 0 Å². The van der Waals surface area contributed by atoms with Gasteiger partial charge in [0.25, 0.3) is 5.91 Å². The van der Waals surface area contributed by atoms with Gasteiger partial charge in [0.2, 0.25) is 15.9 Å². The topological polar surface area (TPSA) is 105 Å². The van der Waals surface area contributed by atoms with E-state index in [4.69, 9.17) is 4.74 Å². The van der Waals surface area contributed by atoms with E-state index in [9.17, 15) is 18.0 Å². The molecule has 0 fully saturated rings. The van der Waals surface area contributed by atoms with Crippen LogP contribution in [0.5, 0.6) is 5.75 Å². The van der Waals surface area contributed by atoms with Crippen LogP contribution in [0.25, 0.3) is 0 Å². The molecule has 0 unspecified atom stereocenters. The molecule has 2 amide bonds. The summed E-state index contributed by atoms with van der Waals surface area (Å²) in [4.78, 5) is 24.5. The number of hydrogen-bond donors (Lipinski definition) is 2. The zero-order chi connectivity index (χ0) is 24.6. The minimum atomic E-state index is -3.67. The summed E-state index contributed by atoms with van der Waals surface area (Å²) < 4.78 is 32.0. The maximum Gasteiger partial charge on any atom is 0.251 e. The SMILES string of the molecule is COc1cccc(C(=O)NCCC(=O)Nc2ccc(S(=O)(=O)N(C)Cc3ccccc3)cc2)c1. The first-order valence-electron chi connectivity index (χ1n) is 10.6. The zero-order valence-corrected chi connectivity index (χ0v) is 19.8. The van der Waals surface area contributed by atoms with Crippen molar-refractivity contribution in [2.24, 2.45) is 0 Å². The molecule has 0 atom stereocenters. The van der Waals surface area contributed by atoms with Crippen molar-refractivity contribution in [3.8, 4) is 5.75 Å². The van der Waals surface area contributed by atoms with Gasteiger partial charge < -0.3 is 15.4 Å². The lowest BCUT2D eigenvalue weighted by Gasteiger charge is -2.17. The second-order valence-corrected chi connectivity index (χ2v) is 9.60. The highest BCUT2D eigenvalue weighted by Crippen LogP contribution is 2.19. The summed E-state index contributed by atoms with van der Waals surface area (Å²) in [6.45, 7) is 0.405. The lowest BCUT2D eigenvalue weighted by atomic mass is 10.2. The number of carbonyl (C=O) groups is 2. The predicted octanol–water partition coefficient (Wildman–Crippen LogP) is 3.27. The number of nitrogens with zero attached hydrogens (tertiary/aromatic N) is 1. The average molecular weight is 482 g/mol. The largest absolute Gasteiger partial charge is 0.497 e. The Morgan fingerprint density at radius 2 is 1.65 bits per heavy atom. The van der Waals surface area contributed by atoms with Crippen molar-refractivity contribution in [1.82, 2.24) is 9.62 Å². The molecule has 0 aliphatic carbocycles. The van der Waals surface area contributed by atoms with Crippen molar-refractivity contribution < 1.29 is 22.7 Å². The monoisotopic (exact) mass is 481 g/mol. The summed E-state index contributed by atoms with van der Waals surface area (Å²) in [7, 11) is -0.628. The van der Waals surface area contributed by atoms with Crippen molar-refractivity contribution in [3.05, 3.63) is 90.0 Å². The molecule has 0 saturated heterocycles. The van der Waals surface area contributed by atoms with Crippen LogP contribution in [-0.4, -0.2) is 45.2 Å². The number of amides is 2. The molecule has 0 aromatic heterocycles. The summed E-state index contributed by atoms with van der Waals surface area (Å²) in [6.07, 6.45) is 0.0651. The Balaban J connectivity index is 1.50. The smallest absolute Gasteiger partial charge is 0.251 e. The molecule has 0 heterocycles. The molecular formula is C25H27N3O5S. The Hall–Kier alpha value is -3.69. The molecule has 3 aromatic rings. The number of nitrogens with one attached hydrogen (secondary N) is 2. The van der Waals surface area contributed by atoms with Crippen LogP contribution < -0.4 is 15.4 Å². The van der Waals surface area contributed by atoms with E-state index >= 15 is 0 Å². The number of benzene rings is 3. The van der Waals surface area contributed by atoms with Crippen LogP contribution in [0.3, 0.4) is 0 Å². The number of rotatable bonds is 10. The molecule has 0 aliphatic heterocycles. The minimum absolute atomic E-state index is 0.0651. The highest BCUT2D eigenvalue weighted by atomic mass is 32.2. The third-order valence-electron chi connectivity index (χ3n) is 5.06. The number of hydrogen-bond acceptors (Lipinski definition) is 5. The molecule has 8 nitrogen and oxygen atoms in total. The molecule has 2 N–H and O–H groups in total. The van der Waals surface area contributed by atoms with Crippen LogP contribution >= 0.6 is 0 Å². The highest BCUT2D eigenvalue weighted by molar-refractivity contribution is 7.89. The van der Waals surface area contributed by atoms with E-state index in [0.29, 0.717) is 17.0 Å². The van der Waals surface area contributed by atoms with Gasteiger partial charge >= 0.3 is 0 Å². The van der Waals surface area contributed by atoms with Crippen molar-refractivity contribution in [1.29, 1.82) is 0 Å². The lowest BCUT2D eigenvalue weighted by molar-refractivity contribution is -0.116. The van der Waals surface area contributed by atoms with Gasteiger partial charge in [0.1, 0.15) is 5.75 Å². The van der Waals surface area contributed by atoms with Crippen molar-refractivity contribution >= 4 is 27.5 Å². The Labute approximate surface area is 199 Å². The standard InChI is InChI=1S/C25H27N3O5S/c1-28(18-19-7-4-3-5-8-19)34(31,32)23-13-11-21(12-14-23)27-24(29)15-16-26-25(30)20-9-6-10-22(17-20)33-2/h3-14,17H,15-16,18H2,1-2H3,(H,26,30)(H,27,29). The summed E-state index contributed by atoms with van der Waals surface area (Å²) in [5.41, 5.74) is 1.79. The number of ether oxygens (including phenoxy) is 1. The second kappa shape index (κ2) is 11.4. The van der Waals surface area contributed by atoms with Crippen molar-refractivity contribution in [2.45, 2.75) is 17.9 Å². The summed E-state index contributed by atoms with van der Waals surface area (Å²) in [6, 6.07) is 22.0. The summed E-state index contributed by atoms with van der Waals surface area (Å²) in [5, 5.41) is 5.39. The van der Waals surface area contributed by atoms with E-state index in [0.717, 1.165) is 5.56 Å². The molecule has 0 bridgehead atoms. The third kappa shape index (κ3) is 6.66. The maximum atomic E-state index is 12.8. The Kier molecular flexibility index (Phi) is 8.39. The highest BCUT2D eigenvalue weighted by Gasteiger charge is 2.21. The van der Waals surface area contributed by atoms with E-state index in [1.54, 1.807) is 24.3 Å². The number of anilines is 1. The van der Waals surface area contributed by atoms with Crippen LogP contribution in [0.1, 0.15) is 22.3 Å². The Morgan fingerprint density at radius 1 is 0.941 bits per heavy atom.